The van der Waals surface area contributed by atoms with Gasteiger partial charge in [0.1, 0.15) is 5.44 Å². The predicted molar refractivity (Wildman–Crippen MR) is 35.1 cm³/mol. The molecule has 4 heteroatoms. The molecule has 9 heavy (non-hydrogen) atoms. The van der Waals surface area contributed by atoms with E-state index in [0.717, 1.165) is 0 Å². The van der Waals surface area contributed by atoms with Gasteiger partial charge in [-0.1, -0.05) is 0 Å². The average molecular weight is 150 g/mol. The summed E-state index contributed by atoms with van der Waals surface area (Å²) in [6.45, 7) is 0. The van der Waals surface area contributed by atoms with Crippen LogP contribution in [-0.4, -0.2) is 38.7 Å². The number of hydrogen-bond donors (Lipinski definition) is 3. The van der Waals surface area contributed by atoms with Crippen LogP contribution >= 0.6 is 11.8 Å². The maximum absolute atomic E-state index is 8.92. The van der Waals surface area contributed by atoms with Crippen molar-refractivity contribution in [2.45, 2.75) is 24.1 Å². The van der Waals surface area contributed by atoms with Crippen LogP contribution in [0.4, 0.5) is 0 Å². The molecule has 3 nitrogen and oxygen atoms in total. The van der Waals surface area contributed by atoms with E-state index in [1.54, 1.807) is 0 Å². The number of aliphatic hydroxyl groups is 3. The molecule has 0 aromatic rings. The quantitative estimate of drug-likeness (QED) is 0.421. The zero-order valence-electron chi connectivity index (χ0n) is 4.90. The van der Waals surface area contributed by atoms with Gasteiger partial charge in [0.15, 0.2) is 0 Å². The summed E-state index contributed by atoms with van der Waals surface area (Å²) in [6, 6.07) is 0. The molecule has 3 N–H and O–H groups in total. The maximum Gasteiger partial charge on any atom is 0.102 e. The topological polar surface area (TPSA) is 60.7 Å². The number of hydrogen-bond acceptors (Lipinski definition) is 4. The van der Waals surface area contributed by atoms with Crippen LogP contribution in [-0.2, 0) is 0 Å². The summed E-state index contributed by atoms with van der Waals surface area (Å²) in [6.07, 6.45) is -1.11. The van der Waals surface area contributed by atoms with E-state index in [9.17, 15) is 0 Å². The first-order valence-electron chi connectivity index (χ1n) is 2.86. The van der Waals surface area contributed by atoms with Crippen LogP contribution in [0.3, 0.4) is 0 Å². The van der Waals surface area contributed by atoms with Crippen molar-refractivity contribution in [3.8, 4) is 0 Å². The van der Waals surface area contributed by atoms with Crippen LogP contribution < -0.4 is 0 Å². The fourth-order valence-corrected chi connectivity index (χ4v) is 1.73. The predicted octanol–water partition coefficient (Wildman–Crippen LogP) is -0.837. The Morgan fingerprint density at radius 1 is 1.11 bits per heavy atom. The van der Waals surface area contributed by atoms with Gasteiger partial charge in [-0.05, 0) is 0 Å². The van der Waals surface area contributed by atoms with E-state index in [0.29, 0.717) is 5.75 Å². The third-order valence-corrected chi connectivity index (χ3v) is 2.46. The molecule has 1 aliphatic rings. The first-order valence-corrected chi connectivity index (χ1v) is 3.91. The van der Waals surface area contributed by atoms with Crippen LogP contribution in [0.15, 0.2) is 0 Å². The third kappa shape index (κ3) is 1.82. The molecule has 1 rings (SSSR count). The molecule has 1 heterocycles. The fourth-order valence-electron chi connectivity index (χ4n) is 0.752. The highest BCUT2D eigenvalue weighted by atomic mass is 32.2. The van der Waals surface area contributed by atoms with Gasteiger partial charge in [0, 0.05) is 12.2 Å². The maximum atomic E-state index is 8.92. The van der Waals surface area contributed by atoms with Crippen molar-refractivity contribution < 1.29 is 15.3 Å². The van der Waals surface area contributed by atoms with Gasteiger partial charge in [-0.3, -0.25) is 0 Å². The number of aliphatic hydroxyl groups excluding tert-OH is 3. The largest absolute Gasteiger partial charge is 0.390 e. The smallest absolute Gasteiger partial charge is 0.102 e. The molecule has 0 aromatic carbocycles. The van der Waals surface area contributed by atoms with Gasteiger partial charge >= 0.3 is 0 Å². The van der Waals surface area contributed by atoms with Crippen molar-refractivity contribution in [3.05, 3.63) is 0 Å². The summed E-state index contributed by atoms with van der Waals surface area (Å²) in [7, 11) is 0. The molecule has 1 saturated heterocycles. The molecule has 0 aliphatic carbocycles. The van der Waals surface area contributed by atoms with Gasteiger partial charge in [0.2, 0.25) is 0 Å². The van der Waals surface area contributed by atoms with Crippen molar-refractivity contribution in [2.75, 3.05) is 5.75 Å². The van der Waals surface area contributed by atoms with Crippen molar-refractivity contribution in [3.63, 3.8) is 0 Å². The highest BCUT2D eigenvalue weighted by Crippen LogP contribution is 2.23. The van der Waals surface area contributed by atoms with Crippen molar-refractivity contribution in [1.29, 1.82) is 0 Å². The van der Waals surface area contributed by atoms with E-state index < -0.39 is 17.6 Å². The van der Waals surface area contributed by atoms with Crippen LogP contribution in [0, 0.1) is 0 Å². The van der Waals surface area contributed by atoms with E-state index >= 15 is 0 Å². The minimum absolute atomic E-state index is 0.284. The Balaban J connectivity index is 2.35. The molecular weight excluding hydrogens is 140 g/mol. The second-order valence-corrected chi connectivity index (χ2v) is 3.37. The third-order valence-electron chi connectivity index (χ3n) is 1.35. The van der Waals surface area contributed by atoms with Gasteiger partial charge in [-0.2, -0.15) is 0 Å². The van der Waals surface area contributed by atoms with Gasteiger partial charge in [0.05, 0.1) is 12.2 Å². The lowest BCUT2D eigenvalue weighted by atomic mass is 10.1. The highest BCUT2D eigenvalue weighted by Gasteiger charge is 2.26. The Kier molecular flexibility index (Phi) is 2.35. The Bertz CT molecular complexity index is 98.2. The molecule has 3 atom stereocenters. The summed E-state index contributed by atoms with van der Waals surface area (Å²) in [5.74, 6) is 0.433. The molecule has 0 spiro atoms. The zero-order valence-corrected chi connectivity index (χ0v) is 5.71. The molecule has 0 bridgehead atoms. The summed E-state index contributed by atoms with van der Waals surface area (Å²) in [4.78, 5) is 0. The van der Waals surface area contributed by atoms with E-state index in [4.69, 9.17) is 15.3 Å². The summed E-state index contributed by atoms with van der Waals surface area (Å²) >= 11 is 1.28. The Morgan fingerprint density at radius 3 is 2.22 bits per heavy atom. The Hall–Kier alpha value is 0.230. The molecule has 1 unspecified atom stereocenters. The van der Waals surface area contributed by atoms with E-state index in [2.05, 4.69) is 0 Å². The average Bonchev–Trinajstić information content (AvgIpc) is 1.80. The molecular formula is C5H10O3S. The lowest BCUT2D eigenvalue weighted by Gasteiger charge is -2.25. The van der Waals surface area contributed by atoms with Crippen LogP contribution in [0.25, 0.3) is 0 Å². The normalized spacial score (nSPS) is 45.0. The summed E-state index contributed by atoms with van der Waals surface area (Å²) in [5, 5.41) is 26.7. The monoisotopic (exact) mass is 150 g/mol. The highest BCUT2D eigenvalue weighted by molar-refractivity contribution is 7.99. The van der Waals surface area contributed by atoms with Gasteiger partial charge in [-0.15, -0.1) is 11.8 Å². The number of rotatable bonds is 0. The van der Waals surface area contributed by atoms with Crippen LogP contribution in [0.2, 0.25) is 0 Å². The minimum atomic E-state index is -0.735. The molecule has 1 aliphatic heterocycles. The minimum Gasteiger partial charge on any atom is -0.390 e. The Morgan fingerprint density at radius 2 is 1.78 bits per heavy atom. The van der Waals surface area contributed by atoms with E-state index in [-0.39, 0.29) is 6.42 Å². The second kappa shape index (κ2) is 2.88. The van der Waals surface area contributed by atoms with E-state index in [1.165, 1.54) is 11.8 Å². The molecule has 0 radical (unpaired) electrons. The molecule has 0 aromatic heterocycles. The molecule has 0 amide bonds. The van der Waals surface area contributed by atoms with E-state index in [1.807, 2.05) is 0 Å². The Labute approximate surface area is 57.7 Å². The first kappa shape index (κ1) is 7.34. The van der Waals surface area contributed by atoms with Crippen molar-refractivity contribution in [1.82, 2.24) is 0 Å². The van der Waals surface area contributed by atoms with Crippen molar-refractivity contribution >= 4 is 11.8 Å². The van der Waals surface area contributed by atoms with Gasteiger partial charge < -0.3 is 15.3 Å². The van der Waals surface area contributed by atoms with Crippen LogP contribution in [0.1, 0.15) is 6.42 Å². The molecule has 1 fully saturated rings. The fraction of sp³-hybridized carbons (Fsp3) is 1.00. The summed E-state index contributed by atoms with van der Waals surface area (Å²) < 4.78 is 0. The lowest BCUT2D eigenvalue weighted by molar-refractivity contribution is 0.00711. The van der Waals surface area contributed by atoms with Crippen LogP contribution in [0.5, 0.6) is 0 Å². The second-order valence-electron chi connectivity index (χ2n) is 2.16. The first-order chi connectivity index (χ1) is 4.20. The zero-order chi connectivity index (χ0) is 6.85. The SMILES string of the molecule is OC1C[C@H](O)[C@H](O)CS1. The summed E-state index contributed by atoms with van der Waals surface area (Å²) in [5.41, 5.74) is -0.497. The number of thioether (sulfide) groups is 1. The van der Waals surface area contributed by atoms with Gasteiger partial charge in [-0.25, -0.2) is 0 Å². The molecule has 54 valence electrons. The lowest BCUT2D eigenvalue weighted by Crippen LogP contribution is -2.36. The van der Waals surface area contributed by atoms with Crippen molar-refractivity contribution in [2.24, 2.45) is 0 Å². The van der Waals surface area contributed by atoms with Gasteiger partial charge in [0.25, 0.3) is 0 Å². The standard InChI is InChI=1S/C5H10O3S/c6-3-1-5(8)9-2-4(3)7/h3-8H,1-2H2/t3-,4+,5?/m0/s1. The molecule has 0 saturated carbocycles.